The normalized spacial score (nSPS) is 10.0. The predicted molar refractivity (Wildman–Crippen MR) is 75.1 cm³/mol. The van der Waals surface area contributed by atoms with Gasteiger partial charge in [0.15, 0.2) is 19.0 Å². The van der Waals surface area contributed by atoms with Gasteiger partial charge in [-0.1, -0.05) is 42.5 Å². The average Bonchev–Trinajstić information content (AvgIpc) is 2.49. The van der Waals surface area contributed by atoms with Crippen molar-refractivity contribution in [1.82, 2.24) is 0 Å². The van der Waals surface area contributed by atoms with Crippen LogP contribution in [-0.4, -0.2) is 6.29 Å². The molecule has 0 aliphatic carbocycles. The van der Waals surface area contributed by atoms with Crippen LogP contribution in [0.15, 0.2) is 66.9 Å². The molecule has 3 rings (SSSR count). The Morgan fingerprint density at radius 1 is 0.900 bits per heavy atom. The number of aldehydes is 1. The summed E-state index contributed by atoms with van der Waals surface area (Å²) >= 11 is 0. The summed E-state index contributed by atoms with van der Waals surface area (Å²) in [7, 11) is 0. The number of rotatable bonds is 3. The smallest absolute Gasteiger partial charge is 0.213 e. The van der Waals surface area contributed by atoms with Crippen molar-refractivity contribution in [3.8, 4) is 0 Å². The predicted octanol–water partition coefficient (Wildman–Crippen LogP) is -0.00790. The fourth-order valence-electron chi connectivity index (χ4n) is 2.33. The Hall–Kier alpha value is -2.00. The Labute approximate surface area is 128 Å². The van der Waals surface area contributed by atoms with Crippen molar-refractivity contribution in [3.05, 3.63) is 78.0 Å². The van der Waals surface area contributed by atoms with Gasteiger partial charge in [-0.15, -0.1) is 0 Å². The number of pyridine rings is 1. The first-order valence-corrected chi connectivity index (χ1v) is 6.29. The highest BCUT2D eigenvalue weighted by Crippen LogP contribution is 2.13. The Kier molecular flexibility index (Phi) is 4.64. The molecule has 0 amide bonds. The average molecular weight is 328 g/mol. The number of carbonyl (C=O) groups is 1. The largest absolute Gasteiger partial charge is 1.00 e. The van der Waals surface area contributed by atoms with Crippen LogP contribution in [0.25, 0.3) is 10.9 Å². The van der Waals surface area contributed by atoms with Crippen LogP contribution >= 0.6 is 0 Å². The fourth-order valence-corrected chi connectivity index (χ4v) is 2.33. The zero-order chi connectivity index (χ0) is 13.1. The molecule has 0 spiro atoms. The molecule has 0 radical (unpaired) electrons. The number of hydrogen-bond acceptors (Lipinski definition) is 1. The summed E-state index contributed by atoms with van der Waals surface area (Å²) < 4.78 is 2.16. The third-order valence-corrected chi connectivity index (χ3v) is 3.28. The van der Waals surface area contributed by atoms with Crippen molar-refractivity contribution in [1.29, 1.82) is 0 Å². The van der Waals surface area contributed by atoms with Crippen LogP contribution in [-0.2, 0) is 6.54 Å². The second-order valence-corrected chi connectivity index (χ2v) is 4.52. The van der Waals surface area contributed by atoms with Gasteiger partial charge in [0.05, 0.1) is 5.39 Å². The zero-order valence-electron chi connectivity index (χ0n) is 10.9. The number of fused-ring (bicyclic) bond motifs is 1. The molecular formula is C17H14BrNO. The number of para-hydroxylation sites is 1. The molecule has 3 heteroatoms. The van der Waals surface area contributed by atoms with Crippen LogP contribution in [0.2, 0.25) is 0 Å². The summed E-state index contributed by atoms with van der Waals surface area (Å²) in [5.41, 5.74) is 3.06. The van der Waals surface area contributed by atoms with Crippen molar-refractivity contribution >= 4 is 17.2 Å². The standard InChI is InChI=1S/C17H14NO.BrH/c19-13-15-10-11-18(12-14-6-2-1-3-7-14)17-9-5-4-8-16(15)17;/h1-11,13H,12H2;1H/q+1;/p-1. The third kappa shape index (κ3) is 2.78. The number of aromatic nitrogens is 1. The van der Waals surface area contributed by atoms with E-state index in [0.29, 0.717) is 0 Å². The highest BCUT2D eigenvalue weighted by atomic mass is 79.9. The van der Waals surface area contributed by atoms with E-state index in [2.05, 4.69) is 16.7 Å². The summed E-state index contributed by atoms with van der Waals surface area (Å²) in [5.74, 6) is 0. The summed E-state index contributed by atoms with van der Waals surface area (Å²) in [6, 6.07) is 20.2. The molecule has 0 bridgehead atoms. The van der Waals surface area contributed by atoms with Crippen LogP contribution in [0.1, 0.15) is 15.9 Å². The molecule has 2 aromatic carbocycles. The molecule has 0 saturated carbocycles. The molecule has 1 heterocycles. The highest BCUT2D eigenvalue weighted by Gasteiger charge is 2.11. The number of benzene rings is 2. The van der Waals surface area contributed by atoms with E-state index in [1.165, 1.54) is 5.56 Å². The monoisotopic (exact) mass is 327 g/mol. The van der Waals surface area contributed by atoms with E-state index in [-0.39, 0.29) is 17.0 Å². The molecule has 20 heavy (non-hydrogen) atoms. The van der Waals surface area contributed by atoms with Gasteiger partial charge in [-0.2, -0.15) is 4.57 Å². The molecule has 1 aromatic heterocycles. The molecule has 0 aliphatic rings. The van der Waals surface area contributed by atoms with E-state index >= 15 is 0 Å². The number of nitrogens with zero attached hydrogens (tertiary/aromatic N) is 1. The van der Waals surface area contributed by atoms with Gasteiger partial charge in [-0.3, -0.25) is 4.79 Å². The Morgan fingerprint density at radius 2 is 1.60 bits per heavy atom. The van der Waals surface area contributed by atoms with Gasteiger partial charge < -0.3 is 17.0 Å². The summed E-state index contributed by atoms with van der Waals surface area (Å²) in [6.45, 7) is 0.806. The van der Waals surface area contributed by atoms with Crippen LogP contribution in [0.4, 0.5) is 0 Å². The first kappa shape index (κ1) is 14.4. The van der Waals surface area contributed by atoms with Gasteiger partial charge in [0.25, 0.3) is 0 Å². The van der Waals surface area contributed by atoms with Gasteiger partial charge in [0.1, 0.15) is 0 Å². The third-order valence-electron chi connectivity index (χ3n) is 3.28. The molecule has 0 aliphatic heterocycles. The maximum atomic E-state index is 11.1. The minimum absolute atomic E-state index is 0. The van der Waals surface area contributed by atoms with Gasteiger partial charge >= 0.3 is 0 Å². The summed E-state index contributed by atoms with van der Waals surface area (Å²) in [6.07, 6.45) is 2.88. The van der Waals surface area contributed by atoms with Crippen molar-refractivity contribution in [2.24, 2.45) is 0 Å². The van der Waals surface area contributed by atoms with Gasteiger partial charge in [0, 0.05) is 23.3 Å². The summed E-state index contributed by atoms with van der Waals surface area (Å²) in [5, 5.41) is 0.996. The highest BCUT2D eigenvalue weighted by molar-refractivity contribution is 5.94. The lowest BCUT2D eigenvalue weighted by Crippen LogP contribution is -3.00. The molecule has 2 nitrogen and oxygen atoms in total. The van der Waals surface area contributed by atoms with E-state index in [4.69, 9.17) is 0 Å². The Morgan fingerprint density at radius 3 is 2.35 bits per heavy atom. The van der Waals surface area contributed by atoms with Gasteiger partial charge in [-0.25, -0.2) is 0 Å². The van der Waals surface area contributed by atoms with Crippen LogP contribution in [0, 0.1) is 0 Å². The maximum Gasteiger partial charge on any atom is 0.213 e. The Bertz CT molecular complexity index is 725. The van der Waals surface area contributed by atoms with Crippen molar-refractivity contribution in [2.75, 3.05) is 0 Å². The van der Waals surface area contributed by atoms with E-state index in [1.54, 1.807) is 0 Å². The molecular weight excluding hydrogens is 314 g/mol. The molecule has 0 fully saturated rings. The second kappa shape index (κ2) is 6.44. The van der Waals surface area contributed by atoms with Crippen LogP contribution in [0.3, 0.4) is 0 Å². The summed E-state index contributed by atoms with van der Waals surface area (Å²) in [4.78, 5) is 11.1. The maximum absolute atomic E-state index is 11.1. The molecule has 100 valence electrons. The van der Waals surface area contributed by atoms with Crippen molar-refractivity contribution in [2.45, 2.75) is 6.54 Å². The van der Waals surface area contributed by atoms with Crippen LogP contribution in [0.5, 0.6) is 0 Å². The van der Waals surface area contributed by atoms with E-state index in [0.717, 1.165) is 29.3 Å². The quantitative estimate of drug-likeness (QED) is 0.490. The minimum atomic E-state index is 0. The molecule has 3 aromatic rings. The van der Waals surface area contributed by atoms with Crippen LogP contribution < -0.4 is 21.5 Å². The lowest BCUT2D eigenvalue weighted by molar-refractivity contribution is -0.662. The molecule has 0 N–H and O–H groups in total. The Balaban J connectivity index is 0.00000147. The molecule has 0 unspecified atom stereocenters. The van der Waals surface area contributed by atoms with E-state index < -0.39 is 0 Å². The second-order valence-electron chi connectivity index (χ2n) is 4.52. The molecule has 0 saturated heterocycles. The first-order valence-electron chi connectivity index (χ1n) is 6.29. The van der Waals surface area contributed by atoms with Gasteiger partial charge in [-0.05, 0) is 6.07 Å². The lowest BCUT2D eigenvalue weighted by Gasteiger charge is -2.03. The molecule has 0 atom stereocenters. The topological polar surface area (TPSA) is 20.9 Å². The van der Waals surface area contributed by atoms with Gasteiger partial charge in [0.2, 0.25) is 5.52 Å². The van der Waals surface area contributed by atoms with Crippen molar-refractivity contribution in [3.63, 3.8) is 0 Å². The lowest BCUT2D eigenvalue weighted by atomic mass is 10.1. The number of carbonyl (C=O) groups excluding carboxylic acids is 1. The number of hydrogen-bond donors (Lipinski definition) is 0. The van der Waals surface area contributed by atoms with Crippen molar-refractivity contribution < 1.29 is 26.3 Å². The zero-order valence-corrected chi connectivity index (χ0v) is 12.5. The first-order chi connectivity index (χ1) is 9.38. The SMILES string of the molecule is O=Cc1cc[n+](Cc2ccccc2)c2ccccc12.[Br-]. The van der Waals surface area contributed by atoms with E-state index in [9.17, 15) is 4.79 Å². The minimum Gasteiger partial charge on any atom is -1.00 e. The fraction of sp³-hybridized carbons (Fsp3) is 0.0588. The number of halogens is 1. The van der Waals surface area contributed by atoms with E-state index in [1.807, 2.05) is 54.7 Å².